The Balaban J connectivity index is 1.94. The zero-order valence-corrected chi connectivity index (χ0v) is 19.5. The first kappa shape index (κ1) is 24.0. The van der Waals surface area contributed by atoms with Crippen LogP contribution in [0.3, 0.4) is 0 Å². The number of carbonyl (C=O) groups is 3. The number of benzene rings is 1. The third-order valence-electron chi connectivity index (χ3n) is 7.50. The number of fused-ring (bicyclic) bond motifs is 3. The molecule has 0 heterocycles. The molecule has 1 amide bonds. The molecule has 9 nitrogen and oxygen atoms in total. The molecule has 0 aliphatic heterocycles. The normalized spacial score (nSPS) is 28.7. The minimum absolute atomic E-state index is 0.0919. The van der Waals surface area contributed by atoms with Gasteiger partial charge in [0.1, 0.15) is 22.8 Å². The van der Waals surface area contributed by atoms with Gasteiger partial charge in [0.25, 0.3) is 5.91 Å². The number of unbranched alkanes of at least 4 members (excludes halogenated alkanes) is 1. The molecule has 3 aliphatic carbocycles. The van der Waals surface area contributed by atoms with Gasteiger partial charge in [0.05, 0.1) is 11.6 Å². The minimum Gasteiger partial charge on any atom is -0.508 e. The predicted molar refractivity (Wildman–Crippen MR) is 123 cm³/mol. The van der Waals surface area contributed by atoms with Crippen molar-refractivity contribution in [3.63, 3.8) is 0 Å². The Morgan fingerprint density at radius 1 is 1.21 bits per heavy atom. The van der Waals surface area contributed by atoms with Crippen molar-refractivity contribution >= 4 is 23.2 Å². The average Bonchev–Trinajstić information content (AvgIpc) is 2.75. The highest BCUT2D eigenvalue weighted by molar-refractivity contribution is 6.24. The van der Waals surface area contributed by atoms with Crippen LogP contribution in [0.4, 0.5) is 0 Å². The van der Waals surface area contributed by atoms with Crippen molar-refractivity contribution in [1.29, 1.82) is 0 Å². The van der Waals surface area contributed by atoms with Crippen molar-refractivity contribution in [1.82, 2.24) is 4.90 Å². The van der Waals surface area contributed by atoms with Crippen LogP contribution in [0.1, 0.15) is 42.9 Å². The van der Waals surface area contributed by atoms with Crippen LogP contribution < -0.4 is 5.73 Å². The van der Waals surface area contributed by atoms with Gasteiger partial charge in [0.2, 0.25) is 5.78 Å². The number of primary amides is 1. The fourth-order valence-electron chi connectivity index (χ4n) is 5.91. The van der Waals surface area contributed by atoms with E-state index < -0.39 is 58.0 Å². The van der Waals surface area contributed by atoms with E-state index >= 15 is 0 Å². The lowest BCUT2D eigenvalue weighted by Crippen LogP contribution is -2.65. The van der Waals surface area contributed by atoms with Crippen molar-refractivity contribution in [2.75, 3.05) is 14.1 Å². The first-order valence-corrected chi connectivity index (χ1v) is 11.4. The lowest BCUT2D eigenvalue weighted by Gasteiger charge is -2.50. The molecular formula is C25H30N2O7. The van der Waals surface area contributed by atoms with Crippen LogP contribution in [0.15, 0.2) is 29.0 Å². The highest BCUT2D eigenvalue weighted by atomic mass is 16.3. The second-order valence-corrected chi connectivity index (χ2v) is 9.66. The summed E-state index contributed by atoms with van der Waals surface area (Å²) in [6.07, 6.45) is 3.02. The molecule has 0 aromatic heterocycles. The summed E-state index contributed by atoms with van der Waals surface area (Å²) in [7, 11) is 3.16. The summed E-state index contributed by atoms with van der Waals surface area (Å²) >= 11 is 0. The van der Waals surface area contributed by atoms with Crippen molar-refractivity contribution in [3.8, 4) is 5.75 Å². The SMILES string of the molecule is CCCCc1ccc(O)c2c1C[C@@H]1C[C@@H]3[C@@H](N(C)C)C(=O)C(C(N)=O)=C(O)[C@]3(O)C(=O)C1=C2O. The second-order valence-electron chi connectivity index (χ2n) is 9.66. The first-order chi connectivity index (χ1) is 16.0. The Hall–Kier alpha value is -3.17. The first-order valence-electron chi connectivity index (χ1n) is 11.4. The van der Waals surface area contributed by atoms with Crippen molar-refractivity contribution in [2.45, 2.75) is 50.7 Å². The lowest BCUT2D eigenvalue weighted by molar-refractivity contribution is -0.153. The standard InChI is InChI=1S/C25H30N2O7/c1-4-5-6-11-7-8-15(28)17-13(11)9-12-10-14-19(27(2)3)21(30)18(24(26)33)23(32)25(14,34)22(31)16(12)20(17)29/h7-8,12,14,19,28-29,32,34H,4-6,9-10H2,1-3H3,(H2,26,33)/t12-,14-,19-,25-/m1/s1. The van der Waals surface area contributed by atoms with Crippen LogP contribution in [-0.4, -0.2) is 68.5 Å². The summed E-state index contributed by atoms with van der Waals surface area (Å²) in [5.41, 5.74) is 3.60. The maximum absolute atomic E-state index is 13.7. The van der Waals surface area contributed by atoms with Crippen molar-refractivity contribution < 1.29 is 34.8 Å². The Kier molecular flexibility index (Phi) is 5.81. The topological polar surface area (TPSA) is 161 Å². The average molecular weight is 471 g/mol. The third-order valence-corrected chi connectivity index (χ3v) is 7.50. The van der Waals surface area contributed by atoms with E-state index in [2.05, 4.69) is 6.92 Å². The maximum Gasteiger partial charge on any atom is 0.255 e. The highest BCUT2D eigenvalue weighted by Gasteiger charge is 2.64. The van der Waals surface area contributed by atoms with Crippen LogP contribution >= 0.6 is 0 Å². The summed E-state index contributed by atoms with van der Waals surface area (Å²) in [5.74, 6) is -6.34. The van der Waals surface area contributed by atoms with E-state index in [4.69, 9.17) is 5.73 Å². The number of phenols is 1. The number of Topliss-reactive ketones (excluding diaryl/α,β-unsaturated/α-hetero) is 2. The molecule has 0 radical (unpaired) electrons. The van der Waals surface area contributed by atoms with E-state index in [9.17, 15) is 34.8 Å². The summed E-state index contributed by atoms with van der Waals surface area (Å²) < 4.78 is 0. The monoisotopic (exact) mass is 470 g/mol. The molecule has 9 heteroatoms. The van der Waals surface area contributed by atoms with E-state index in [1.54, 1.807) is 14.1 Å². The number of aliphatic hydroxyl groups is 3. The molecule has 0 unspecified atom stereocenters. The van der Waals surface area contributed by atoms with Crippen LogP contribution in [0.25, 0.3) is 5.76 Å². The number of likely N-dealkylation sites (N-methyl/N-ethyl adjacent to an activating group) is 1. The number of aryl methyl sites for hydroxylation is 1. The van der Waals surface area contributed by atoms with Crippen molar-refractivity contribution in [3.05, 3.63) is 45.7 Å². The molecule has 0 bridgehead atoms. The van der Waals surface area contributed by atoms with Gasteiger partial charge in [0.15, 0.2) is 11.4 Å². The Labute approximate surface area is 197 Å². The van der Waals surface area contributed by atoms with Crippen molar-refractivity contribution in [2.24, 2.45) is 17.6 Å². The molecule has 3 aliphatic rings. The van der Waals surface area contributed by atoms with Gasteiger partial charge in [-0.05, 0) is 62.9 Å². The van der Waals surface area contributed by atoms with Gasteiger partial charge in [-0.3, -0.25) is 19.3 Å². The van der Waals surface area contributed by atoms with Gasteiger partial charge in [-0.2, -0.15) is 0 Å². The molecule has 0 spiro atoms. The molecule has 0 saturated heterocycles. The van der Waals surface area contributed by atoms with E-state index in [-0.39, 0.29) is 23.3 Å². The molecule has 4 rings (SSSR count). The fourth-order valence-corrected chi connectivity index (χ4v) is 5.91. The number of carbonyl (C=O) groups excluding carboxylic acids is 3. The second kappa shape index (κ2) is 8.25. The number of aromatic hydroxyl groups is 1. The summed E-state index contributed by atoms with van der Waals surface area (Å²) in [6, 6.07) is 2.19. The molecule has 34 heavy (non-hydrogen) atoms. The van der Waals surface area contributed by atoms with Gasteiger partial charge < -0.3 is 26.2 Å². The largest absolute Gasteiger partial charge is 0.508 e. The van der Waals surface area contributed by atoms with Gasteiger partial charge in [-0.25, -0.2) is 0 Å². The molecule has 1 aromatic carbocycles. The zero-order chi connectivity index (χ0) is 25.1. The maximum atomic E-state index is 13.7. The number of aliphatic hydroxyl groups excluding tert-OH is 2. The lowest BCUT2D eigenvalue weighted by atomic mass is 9.57. The number of amides is 1. The van der Waals surface area contributed by atoms with Crippen LogP contribution in [0.2, 0.25) is 0 Å². The van der Waals surface area contributed by atoms with E-state index in [1.807, 2.05) is 6.07 Å². The quantitative estimate of drug-likeness (QED) is 0.402. The number of hydrogen-bond acceptors (Lipinski definition) is 8. The smallest absolute Gasteiger partial charge is 0.255 e. The van der Waals surface area contributed by atoms with Gasteiger partial charge in [-0.1, -0.05) is 19.4 Å². The van der Waals surface area contributed by atoms with E-state index in [0.29, 0.717) is 6.42 Å². The van der Waals surface area contributed by atoms with Gasteiger partial charge in [-0.15, -0.1) is 0 Å². The molecule has 1 fully saturated rings. The summed E-state index contributed by atoms with van der Waals surface area (Å²) in [4.78, 5) is 40.3. The molecule has 1 saturated carbocycles. The summed E-state index contributed by atoms with van der Waals surface area (Å²) in [6.45, 7) is 2.06. The molecule has 4 atom stereocenters. The van der Waals surface area contributed by atoms with E-state index in [0.717, 1.165) is 30.4 Å². The van der Waals surface area contributed by atoms with E-state index in [1.165, 1.54) is 11.0 Å². The number of ketones is 2. The van der Waals surface area contributed by atoms with Crippen LogP contribution in [0.5, 0.6) is 5.75 Å². The molecule has 182 valence electrons. The number of phenolic OH excluding ortho intramolecular Hbond substituents is 1. The predicted octanol–water partition coefficient (Wildman–Crippen LogP) is 1.31. The number of nitrogens with two attached hydrogens (primary N) is 1. The fraction of sp³-hybridized carbons (Fsp3) is 0.480. The highest BCUT2D eigenvalue weighted by Crippen LogP contribution is 2.52. The molecule has 1 aromatic rings. The summed E-state index contributed by atoms with van der Waals surface area (Å²) in [5, 5.41) is 44.1. The Morgan fingerprint density at radius 2 is 1.88 bits per heavy atom. The van der Waals surface area contributed by atoms with Crippen LogP contribution in [-0.2, 0) is 27.2 Å². The van der Waals surface area contributed by atoms with Gasteiger partial charge in [0, 0.05) is 11.5 Å². The number of rotatable bonds is 5. The minimum atomic E-state index is -2.61. The van der Waals surface area contributed by atoms with Gasteiger partial charge >= 0.3 is 0 Å². The zero-order valence-electron chi connectivity index (χ0n) is 19.5. The number of hydrogen-bond donors (Lipinski definition) is 5. The third kappa shape index (κ3) is 3.18. The molecule has 6 N–H and O–H groups in total. The van der Waals surface area contributed by atoms with Crippen LogP contribution in [0, 0.1) is 11.8 Å². The Morgan fingerprint density at radius 3 is 2.47 bits per heavy atom. The molecular weight excluding hydrogens is 440 g/mol. The number of nitrogens with zero attached hydrogens (tertiary/aromatic N) is 1. The Bertz CT molecular complexity index is 1170.